The van der Waals surface area contributed by atoms with E-state index < -0.39 is 5.60 Å². The third-order valence-corrected chi connectivity index (χ3v) is 8.86. The first-order valence-electron chi connectivity index (χ1n) is 9.78. The van der Waals surface area contributed by atoms with Crippen LogP contribution in [0.4, 0.5) is 0 Å². The third-order valence-electron chi connectivity index (χ3n) is 8.86. The topological polar surface area (TPSA) is 52.8 Å². The minimum absolute atomic E-state index is 0.118. The molecule has 4 fully saturated rings. The summed E-state index contributed by atoms with van der Waals surface area (Å²) < 4.78 is 0. The monoisotopic (exact) mass is 329 g/mol. The fraction of sp³-hybridized carbons (Fsp3) is 0.857. The SMILES string of the molecule is C#CC1(O)CC[C@@]2(C)C(CC[C@@H]3[C@H]2CC[C@]2(C)C(=NO)CC[C@@H]32)C1. The normalized spacial score (nSPS) is 55.3. The van der Waals surface area contributed by atoms with E-state index in [2.05, 4.69) is 24.9 Å². The number of aliphatic hydroxyl groups is 1. The van der Waals surface area contributed by atoms with Gasteiger partial charge in [-0.15, -0.1) is 6.42 Å². The minimum Gasteiger partial charge on any atom is -0.411 e. The molecule has 0 heterocycles. The molecule has 4 saturated carbocycles. The van der Waals surface area contributed by atoms with Gasteiger partial charge in [0, 0.05) is 5.41 Å². The first kappa shape index (κ1) is 16.5. The molecule has 4 aliphatic rings. The van der Waals surface area contributed by atoms with Crippen molar-refractivity contribution in [3.05, 3.63) is 0 Å². The zero-order chi connectivity index (χ0) is 17.2. The second kappa shape index (κ2) is 5.24. The van der Waals surface area contributed by atoms with Gasteiger partial charge in [-0.3, -0.25) is 0 Å². The lowest BCUT2D eigenvalue weighted by molar-refractivity contribution is -0.127. The molecule has 0 radical (unpaired) electrons. The molecule has 4 aliphatic carbocycles. The molecule has 0 saturated heterocycles. The summed E-state index contributed by atoms with van der Waals surface area (Å²) in [6.07, 6.45) is 15.2. The van der Waals surface area contributed by atoms with Crippen LogP contribution in [0.25, 0.3) is 0 Å². The Morgan fingerprint density at radius 2 is 1.88 bits per heavy atom. The van der Waals surface area contributed by atoms with Crippen molar-refractivity contribution >= 4 is 5.71 Å². The Bertz CT molecular complexity index is 607. The van der Waals surface area contributed by atoms with Gasteiger partial charge in [0.25, 0.3) is 0 Å². The molecule has 3 heteroatoms. The van der Waals surface area contributed by atoms with Crippen molar-refractivity contribution in [1.82, 2.24) is 0 Å². The van der Waals surface area contributed by atoms with Crippen LogP contribution < -0.4 is 0 Å². The second-order valence-electron chi connectivity index (χ2n) is 9.58. The summed E-state index contributed by atoms with van der Waals surface area (Å²) in [4.78, 5) is 0. The van der Waals surface area contributed by atoms with E-state index in [0.29, 0.717) is 17.3 Å². The fourth-order valence-corrected chi connectivity index (χ4v) is 7.33. The highest BCUT2D eigenvalue weighted by Gasteiger charge is 2.60. The van der Waals surface area contributed by atoms with Gasteiger partial charge in [-0.1, -0.05) is 24.9 Å². The van der Waals surface area contributed by atoms with Gasteiger partial charge in [0.1, 0.15) is 5.60 Å². The Hall–Kier alpha value is -1.01. The van der Waals surface area contributed by atoms with Crippen LogP contribution >= 0.6 is 0 Å². The summed E-state index contributed by atoms with van der Waals surface area (Å²) >= 11 is 0. The number of hydrogen-bond donors (Lipinski definition) is 2. The maximum atomic E-state index is 10.6. The highest BCUT2D eigenvalue weighted by atomic mass is 16.4. The van der Waals surface area contributed by atoms with Crippen LogP contribution in [-0.2, 0) is 0 Å². The van der Waals surface area contributed by atoms with E-state index in [1.165, 1.54) is 25.7 Å². The summed E-state index contributed by atoms with van der Waals surface area (Å²) in [6, 6.07) is 0. The fourth-order valence-electron chi connectivity index (χ4n) is 7.33. The first-order chi connectivity index (χ1) is 11.4. The van der Waals surface area contributed by atoms with E-state index in [1.807, 2.05) is 0 Å². The Labute approximate surface area is 145 Å². The van der Waals surface area contributed by atoms with Crippen LogP contribution in [0, 0.1) is 46.8 Å². The Morgan fingerprint density at radius 1 is 1.08 bits per heavy atom. The van der Waals surface area contributed by atoms with Gasteiger partial charge in [0.15, 0.2) is 0 Å². The number of rotatable bonds is 0. The average Bonchev–Trinajstić information content (AvgIpc) is 2.92. The third kappa shape index (κ3) is 2.05. The molecule has 7 atom stereocenters. The second-order valence-corrected chi connectivity index (χ2v) is 9.58. The highest BCUT2D eigenvalue weighted by Crippen LogP contribution is 2.66. The van der Waals surface area contributed by atoms with Gasteiger partial charge in [-0.05, 0) is 86.9 Å². The van der Waals surface area contributed by atoms with Crippen LogP contribution in [0.1, 0.15) is 71.6 Å². The Kier molecular flexibility index (Phi) is 3.59. The van der Waals surface area contributed by atoms with Crippen molar-refractivity contribution in [2.45, 2.75) is 77.2 Å². The highest BCUT2D eigenvalue weighted by molar-refractivity contribution is 5.91. The molecule has 2 unspecified atom stereocenters. The molecule has 24 heavy (non-hydrogen) atoms. The van der Waals surface area contributed by atoms with Gasteiger partial charge < -0.3 is 10.3 Å². The van der Waals surface area contributed by atoms with Crippen molar-refractivity contribution in [1.29, 1.82) is 0 Å². The lowest BCUT2D eigenvalue weighted by Crippen LogP contribution is -2.55. The maximum absolute atomic E-state index is 10.6. The quantitative estimate of drug-likeness (QED) is 0.397. The standard InChI is InChI=1S/C21H31NO2/c1-4-21(23)12-11-19(2)14(13-21)5-6-15-16-7-8-18(22-24)20(16,3)10-9-17(15)19/h1,14-17,23-24H,5-13H2,2-3H3/t14?,15-,16-,17+,19-,20-,21?/m0/s1. The van der Waals surface area contributed by atoms with Gasteiger partial charge in [-0.25, -0.2) is 0 Å². The summed E-state index contributed by atoms with van der Waals surface area (Å²) in [5.41, 5.74) is 0.618. The van der Waals surface area contributed by atoms with Crippen molar-refractivity contribution in [3.8, 4) is 12.3 Å². The number of nitrogens with zero attached hydrogens (tertiary/aromatic N) is 1. The van der Waals surface area contributed by atoms with Crippen molar-refractivity contribution in [3.63, 3.8) is 0 Å². The first-order valence-corrected chi connectivity index (χ1v) is 9.78. The van der Waals surface area contributed by atoms with Crippen LogP contribution in [-0.4, -0.2) is 21.6 Å². The van der Waals surface area contributed by atoms with Crippen LogP contribution in [0.3, 0.4) is 0 Å². The van der Waals surface area contributed by atoms with E-state index >= 15 is 0 Å². The van der Waals surface area contributed by atoms with E-state index in [1.54, 1.807) is 0 Å². The lowest BCUT2D eigenvalue weighted by Gasteiger charge is -2.61. The molecule has 0 aromatic rings. The van der Waals surface area contributed by atoms with Gasteiger partial charge in [0.05, 0.1) is 5.71 Å². The van der Waals surface area contributed by atoms with Gasteiger partial charge in [-0.2, -0.15) is 0 Å². The Balaban J connectivity index is 1.62. The largest absolute Gasteiger partial charge is 0.411 e. The molecule has 0 bridgehead atoms. The smallest absolute Gasteiger partial charge is 0.125 e. The molecule has 4 rings (SSSR count). The molecule has 3 nitrogen and oxygen atoms in total. The van der Waals surface area contributed by atoms with Gasteiger partial charge >= 0.3 is 0 Å². The van der Waals surface area contributed by atoms with Crippen molar-refractivity contribution < 1.29 is 10.3 Å². The van der Waals surface area contributed by atoms with Crippen molar-refractivity contribution in [2.24, 2.45) is 39.7 Å². The van der Waals surface area contributed by atoms with E-state index in [9.17, 15) is 10.3 Å². The van der Waals surface area contributed by atoms with E-state index in [-0.39, 0.29) is 5.41 Å². The minimum atomic E-state index is -0.871. The van der Waals surface area contributed by atoms with E-state index in [4.69, 9.17) is 6.42 Å². The van der Waals surface area contributed by atoms with Crippen LogP contribution in [0.2, 0.25) is 0 Å². The van der Waals surface area contributed by atoms with Gasteiger partial charge in [0.2, 0.25) is 0 Å². The lowest BCUT2D eigenvalue weighted by atomic mass is 9.44. The summed E-state index contributed by atoms with van der Waals surface area (Å²) in [6.45, 7) is 4.81. The predicted molar refractivity (Wildman–Crippen MR) is 94.7 cm³/mol. The molecule has 0 aromatic carbocycles. The van der Waals surface area contributed by atoms with Crippen LogP contribution in [0.5, 0.6) is 0 Å². The van der Waals surface area contributed by atoms with E-state index in [0.717, 1.165) is 49.7 Å². The molecule has 0 spiro atoms. The zero-order valence-corrected chi connectivity index (χ0v) is 15.1. The molecule has 0 aliphatic heterocycles. The number of hydrogen-bond acceptors (Lipinski definition) is 3. The molecule has 0 amide bonds. The molecule has 0 aromatic heterocycles. The Morgan fingerprint density at radius 3 is 2.58 bits per heavy atom. The zero-order valence-electron chi connectivity index (χ0n) is 15.1. The molecular formula is C21H31NO2. The number of oxime groups is 1. The molecular weight excluding hydrogens is 298 g/mol. The number of terminal acetylenes is 1. The maximum Gasteiger partial charge on any atom is 0.125 e. The van der Waals surface area contributed by atoms with Crippen molar-refractivity contribution in [2.75, 3.05) is 0 Å². The number of fused-ring (bicyclic) bond motifs is 5. The summed E-state index contributed by atoms with van der Waals surface area (Å²) in [5.74, 6) is 5.40. The average molecular weight is 329 g/mol. The predicted octanol–water partition coefficient (Wildman–Crippen LogP) is 4.22. The van der Waals surface area contributed by atoms with Crippen LogP contribution in [0.15, 0.2) is 5.16 Å². The summed E-state index contributed by atoms with van der Waals surface area (Å²) in [7, 11) is 0. The molecule has 2 N–H and O–H groups in total. The summed E-state index contributed by atoms with van der Waals surface area (Å²) in [5, 5.41) is 23.7. The molecule has 132 valence electrons.